The fraction of sp³-hybridized carbons (Fsp3) is 0.200. The van der Waals surface area contributed by atoms with Crippen molar-refractivity contribution < 1.29 is 14.4 Å². The number of nitrogens with one attached hydrogen (secondary N) is 1. The molecule has 0 aromatic heterocycles. The van der Waals surface area contributed by atoms with E-state index in [-0.39, 0.29) is 12.5 Å². The molecular formula is C10H9ClN2O3. The summed E-state index contributed by atoms with van der Waals surface area (Å²) in [6.07, 6.45) is 1.55. The van der Waals surface area contributed by atoms with Crippen LogP contribution in [0.5, 0.6) is 5.75 Å². The highest BCUT2D eigenvalue weighted by atomic mass is 35.5. The van der Waals surface area contributed by atoms with Crippen LogP contribution in [0, 0.1) is 11.5 Å². The highest BCUT2D eigenvalue weighted by Gasteiger charge is 2.09. The van der Waals surface area contributed by atoms with Gasteiger partial charge in [0.2, 0.25) is 5.91 Å². The van der Waals surface area contributed by atoms with E-state index in [4.69, 9.17) is 26.4 Å². The first kappa shape index (κ1) is 12.3. The zero-order chi connectivity index (χ0) is 12.0. The molecule has 5 nitrogen and oxygen atoms in total. The summed E-state index contributed by atoms with van der Waals surface area (Å²) in [5, 5.41) is 8.82. The predicted octanol–water partition coefficient (Wildman–Crippen LogP) is 1.77. The molecule has 16 heavy (non-hydrogen) atoms. The average Bonchev–Trinajstić information content (AvgIpc) is 2.22. The molecule has 84 valence electrons. The number of hydrogen-bond donors (Lipinski definition) is 1. The Morgan fingerprint density at radius 2 is 2.38 bits per heavy atom. The fourth-order valence-electron chi connectivity index (χ4n) is 1.03. The van der Waals surface area contributed by atoms with E-state index in [2.05, 4.69) is 5.48 Å². The van der Waals surface area contributed by atoms with Gasteiger partial charge in [-0.25, -0.2) is 5.48 Å². The van der Waals surface area contributed by atoms with Crippen LogP contribution < -0.4 is 10.2 Å². The standard InChI is InChI=1S/C10H9ClN2O3/c1-7(14)13-16-5-8-9(11)3-2-4-10(8)15-6-12/h2-4H,5H2,1H3,(H,13,14). The number of amides is 1. The summed E-state index contributed by atoms with van der Waals surface area (Å²) >= 11 is 5.90. The molecule has 0 aliphatic rings. The zero-order valence-corrected chi connectivity index (χ0v) is 9.25. The normalized spacial score (nSPS) is 9.31. The van der Waals surface area contributed by atoms with Crippen molar-refractivity contribution in [1.29, 1.82) is 5.26 Å². The molecule has 0 saturated heterocycles. The minimum atomic E-state index is -0.324. The van der Waals surface area contributed by atoms with Gasteiger partial charge in [-0.1, -0.05) is 17.7 Å². The lowest BCUT2D eigenvalue weighted by atomic mass is 10.2. The van der Waals surface area contributed by atoms with E-state index in [9.17, 15) is 4.79 Å². The first-order valence-corrected chi connectivity index (χ1v) is 4.74. The molecule has 0 aliphatic carbocycles. The SMILES string of the molecule is CC(=O)NOCc1c(Cl)cccc1OC#N. The number of carbonyl (C=O) groups excluding carboxylic acids is 1. The minimum absolute atomic E-state index is 0.0241. The highest BCUT2D eigenvalue weighted by molar-refractivity contribution is 6.31. The average molecular weight is 241 g/mol. The molecule has 0 radical (unpaired) electrons. The van der Waals surface area contributed by atoms with E-state index in [1.54, 1.807) is 24.5 Å². The number of nitriles is 1. The third-order valence-corrected chi connectivity index (χ3v) is 2.02. The lowest BCUT2D eigenvalue weighted by Gasteiger charge is -2.08. The summed E-state index contributed by atoms with van der Waals surface area (Å²) in [6, 6.07) is 4.87. The molecule has 0 fully saturated rings. The van der Waals surface area contributed by atoms with Crippen molar-refractivity contribution in [3.8, 4) is 12.0 Å². The van der Waals surface area contributed by atoms with Crippen molar-refractivity contribution in [2.24, 2.45) is 0 Å². The molecule has 0 bridgehead atoms. The summed E-state index contributed by atoms with van der Waals surface area (Å²) in [7, 11) is 0. The van der Waals surface area contributed by atoms with Crippen molar-refractivity contribution >= 4 is 17.5 Å². The Hall–Kier alpha value is -1.77. The second kappa shape index (κ2) is 5.95. The summed E-state index contributed by atoms with van der Waals surface area (Å²) in [5.74, 6) is -0.0184. The van der Waals surface area contributed by atoms with Crippen LogP contribution in [-0.4, -0.2) is 5.91 Å². The Kier molecular flexibility index (Phi) is 4.58. The summed E-state index contributed by atoms with van der Waals surface area (Å²) in [5.41, 5.74) is 2.65. The molecule has 1 N–H and O–H groups in total. The number of nitrogens with zero attached hydrogens (tertiary/aromatic N) is 1. The van der Waals surface area contributed by atoms with Gasteiger partial charge in [-0.05, 0) is 12.1 Å². The zero-order valence-electron chi connectivity index (χ0n) is 8.49. The number of hydrogen-bond acceptors (Lipinski definition) is 4. The van der Waals surface area contributed by atoms with Crippen LogP contribution in [0.1, 0.15) is 12.5 Å². The minimum Gasteiger partial charge on any atom is -0.388 e. The molecule has 1 aromatic carbocycles. The molecule has 1 rings (SSSR count). The van der Waals surface area contributed by atoms with Gasteiger partial charge in [0.05, 0.1) is 0 Å². The molecule has 6 heteroatoms. The first-order chi connectivity index (χ1) is 7.65. The van der Waals surface area contributed by atoms with Crippen molar-refractivity contribution in [3.63, 3.8) is 0 Å². The number of hydroxylamine groups is 1. The molecule has 0 unspecified atom stereocenters. The number of benzene rings is 1. The van der Waals surface area contributed by atoms with Gasteiger partial charge in [-0.15, -0.1) is 5.26 Å². The molecular weight excluding hydrogens is 232 g/mol. The van der Waals surface area contributed by atoms with E-state index in [1.807, 2.05) is 0 Å². The maximum Gasteiger partial charge on any atom is 0.292 e. The predicted molar refractivity (Wildman–Crippen MR) is 56.3 cm³/mol. The quantitative estimate of drug-likeness (QED) is 0.643. The summed E-state index contributed by atoms with van der Waals surface area (Å²) in [6.45, 7) is 1.34. The van der Waals surface area contributed by atoms with E-state index in [0.29, 0.717) is 16.3 Å². The van der Waals surface area contributed by atoms with Gasteiger partial charge in [-0.2, -0.15) is 0 Å². The second-order valence-electron chi connectivity index (χ2n) is 2.86. The second-order valence-corrected chi connectivity index (χ2v) is 3.26. The van der Waals surface area contributed by atoms with Crippen LogP contribution in [0.15, 0.2) is 18.2 Å². The van der Waals surface area contributed by atoms with Gasteiger partial charge in [0.25, 0.3) is 6.26 Å². The van der Waals surface area contributed by atoms with E-state index in [0.717, 1.165) is 0 Å². The van der Waals surface area contributed by atoms with Gasteiger partial charge >= 0.3 is 0 Å². The molecule has 0 heterocycles. The maximum absolute atomic E-state index is 10.6. The monoisotopic (exact) mass is 240 g/mol. The van der Waals surface area contributed by atoms with Crippen LogP contribution in [0.25, 0.3) is 0 Å². The molecule has 0 aliphatic heterocycles. The van der Waals surface area contributed by atoms with Crippen LogP contribution in [0.4, 0.5) is 0 Å². The summed E-state index contributed by atoms with van der Waals surface area (Å²) < 4.78 is 4.70. The van der Waals surface area contributed by atoms with Crippen molar-refractivity contribution in [3.05, 3.63) is 28.8 Å². The van der Waals surface area contributed by atoms with Crippen molar-refractivity contribution in [2.75, 3.05) is 0 Å². The number of rotatable bonds is 4. The van der Waals surface area contributed by atoms with Crippen molar-refractivity contribution in [2.45, 2.75) is 13.5 Å². The van der Waals surface area contributed by atoms with Crippen LogP contribution >= 0.6 is 11.6 Å². The van der Waals surface area contributed by atoms with Gasteiger partial charge in [0.15, 0.2) is 0 Å². The van der Waals surface area contributed by atoms with E-state index in [1.165, 1.54) is 6.92 Å². The smallest absolute Gasteiger partial charge is 0.292 e. The number of carbonyl (C=O) groups is 1. The number of ether oxygens (including phenoxy) is 1. The number of halogens is 1. The van der Waals surface area contributed by atoms with Gasteiger partial charge in [0.1, 0.15) is 12.4 Å². The molecule has 1 aromatic rings. The Morgan fingerprint density at radius 1 is 1.62 bits per heavy atom. The van der Waals surface area contributed by atoms with Gasteiger partial charge < -0.3 is 4.74 Å². The Balaban J connectivity index is 2.76. The lowest BCUT2D eigenvalue weighted by Crippen LogP contribution is -2.20. The van der Waals surface area contributed by atoms with E-state index < -0.39 is 0 Å². The van der Waals surface area contributed by atoms with Crippen LogP contribution in [-0.2, 0) is 16.2 Å². The Labute approximate surface area is 97.5 Å². The summed E-state index contributed by atoms with van der Waals surface area (Å²) in [4.78, 5) is 15.5. The van der Waals surface area contributed by atoms with E-state index >= 15 is 0 Å². The molecule has 0 atom stereocenters. The third-order valence-electron chi connectivity index (χ3n) is 1.66. The molecule has 0 spiro atoms. The fourth-order valence-corrected chi connectivity index (χ4v) is 1.25. The molecule has 1 amide bonds. The van der Waals surface area contributed by atoms with Crippen LogP contribution in [0.3, 0.4) is 0 Å². The Bertz CT molecular complexity index is 429. The van der Waals surface area contributed by atoms with Crippen LogP contribution in [0.2, 0.25) is 5.02 Å². The van der Waals surface area contributed by atoms with Gasteiger partial charge in [-0.3, -0.25) is 9.63 Å². The Morgan fingerprint density at radius 3 is 3.00 bits per heavy atom. The third kappa shape index (κ3) is 3.42. The first-order valence-electron chi connectivity index (χ1n) is 4.37. The largest absolute Gasteiger partial charge is 0.388 e. The highest BCUT2D eigenvalue weighted by Crippen LogP contribution is 2.26. The lowest BCUT2D eigenvalue weighted by molar-refractivity contribution is -0.132. The van der Waals surface area contributed by atoms with Gasteiger partial charge in [0, 0.05) is 17.5 Å². The van der Waals surface area contributed by atoms with Crippen molar-refractivity contribution in [1.82, 2.24) is 5.48 Å². The molecule has 0 saturated carbocycles. The maximum atomic E-state index is 10.6. The topological polar surface area (TPSA) is 71.3 Å².